The number of fused-ring (bicyclic) bond motifs is 13. The predicted molar refractivity (Wildman–Crippen MR) is 242 cm³/mol. The van der Waals surface area contributed by atoms with Crippen LogP contribution >= 0.6 is 0 Å². The molecular formula is C53H33N5. The summed E-state index contributed by atoms with van der Waals surface area (Å²) >= 11 is 0. The molecule has 8 aromatic carbocycles. The molecule has 5 aromatic heterocycles. The second kappa shape index (κ2) is 11.8. The average Bonchev–Trinajstić information content (AvgIpc) is 4.01. The third-order valence-electron chi connectivity index (χ3n) is 12.2. The van der Waals surface area contributed by atoms with Crippen molar-refractivity contribution in [3.05, 3.63) is 200 Å². The first kappa shape index (κ1) is 31.3. The molecule has 0 bridgehead atoms. The highest BCUT2D eigenvalue weighted by molar-refractivity contribution is 6.23. The zero-order valence-corrected chi connectivity index (χ0v) is 31.3. The van der Waals surface area contributed by atoms with Crippen molar-refractivity contribution in [2.24, 2.45) is 0 Å². The fraction of sp³-hybridized carbons (Fsp3) is 0. The third-order valence-corrected chi connectivity index (χ3v) is 12.2. The topological polar surface area (TPSA) is 32.6 Å². The number of rotatable bonds is 4. The first-order valence-electron chi connectivity index (χ1n) is 19.8. The molecule has 0 aliphatic heterocycles. The standard InChI is InChI=1S/C53H33N5/c1-3-15-34(16-4-1)55-45-23-11-7-19-38(45)42-31-36(27-29-49(42)55)57-47-25-13-9-21-40(47)44-33-54-51-41-22-10-14-26-48(41)58(53(51)52(44)57)37-28-30-50-43(32-37)39-20-8-12-24-46(39)56(50)35-17-5-2-6-18-35/h1-33H. The molecule has 0 saturated carbocycles. The molecule has 5 nitrogen and oxygen atoms in total. The number of hydrogen-bond donors (Lipinski definition) is 0. The van der Waals surface area contributed by atoms with Gasteiger partial charge in [-0.15, -0.1) is 0 Å². The van der Waals surface area contributed by atoms with E-state index in [-0.39, 0.29) is 0 Å². The first-order chi connectivity index (χ1) is 28.8. The summed E-state index contributed by atoms with van der Waals surface area (Å²) < 4.78 is 9.68. The van der Waals surface area contributed by atoms with Crippen LogP contribution < -0.4 is 0 Å². The minimum absolute atomic E-state index is 0.987. The molecule has 0 unspecified atom stereocenters. The van der Waals surface area contributed by atoms with Crippen LogP contribution in [0, 0.1) is 0 Å². The van der Waals surface area contributed by atoms with E-state index >= 15 is 0 Å². The van der Waals surface area contributed by atoms with Crippen molar-refractivity contribution in [2.75, 3.05) is 0 Å². The zero-order valence-electron chi connectivity index (χ0n) is 31.3. The molecule has 13 aromatic rings. The Bertz CT molecular complexity index is 3540. The Hall–Kier alpha value is -7.89. The van der Waals surface area contributed by atoms with Crippen molar-refractivity contribution in [1.82, 2.24) is 23.3 Å². The highest BCUT2D eigenvalue weighted by Crippen LogP contribution is 2.43. The second-order valence-corrected chi connectivity index (χ2v) is 15.2. The lowest BCUT2D eigenvalue weighted by molar-refractivity contribution is 1.14. The zero-order chi connectivity index (χ0) is 37.9. The number of nitrogens with zero attached hydrogens (tertiary/aromatic N) is 5. The van der Waals surface area contributed by atoms with Crippen molar-refractivity contribution < 1.29 is 0 Å². The van der Waals surface area contributed by atoms with E-state index in [9.17, 15) is 0 Å². The molecule has 5 heterocycles. The van der Waals surface area contributed by atoms with Crippen LogP contribution in [0.1, 0.15) is 0 Å². The fourth-order valence-corrected chi connectivity index (χ4v) is 9.78. The predicted octanol–water partition coefficient (Wildman–Crippen LogP) is 13.5. The summed E-state index contributed by atoms with van der Waals surface area (Å²) in [4.78, 5) is 5.28. The fourth-order valence-electron chi connectivity index (χ4n) is 9.78. The summed E-state index contributed by atoms with van der Waals surface area (Å²) in [6.45, 7) is 0. The molecule has 0 saturated heterocycles. The van der Waals surface area contributed by atoms with Crippen LogP contribution in [0.15, 0.2) is 200 Å². The number of benzene rings is 8. The van der Waals surface area contributed by atoms with Gasteiger partial charge in [0, 0.05) is 66.6 Å². The maximum absolute atomic E-state index is 5.28. The number of pyridine rings is 1. The Labute approximate surface area is 332 Å². The smallest absolute Gasteiger partial charge is 0.0985 e. The Morgan fingerprint density at radius 2 is 0.638 bits per heavy atom. The molecule has 0 aliphatic carbocycles. The van der Waals surface area contributed by atoms with Crippen molar-refractivity contribution in [3.63, 3.8) is 0 Å². The average molecular weight is 740 g/mol. The van der Waals surface area contributed by atoms with Gasteiger partial charge in [0.05, 0.1) is 49.7 Å². The molecule has 0 spiro atoms. The van der Waals surface area contributed by atoms with E-state index in [1.165, 1.54) is 49.0 Å². The number of aromatic nitrogens is 5. The van der Waals surface area contributed by atoms with Crippen LogP contribution in [0.25, 0.3) is 110 Å². The lowest BCUT2D eigenvalue weighted by atomic mass is 10.1. The molecule has 5 heteroatoms. The lowest BCUT2D eigenvalue weighted by Crippen LogP contribution is -2.00. The van der Waals surface area contributed by atoms with Crippen molar-refractivity contribution in [3.8, 4) is 22.7 Å². The van der Waals surface area contributed by atoms with Crippen LogP contribution in [0.2, 0.25) is 0 Å². The van der Waals surface area contributed by atoms with Crippen molar-refractivity contribution >= 4 is 87.4 Å². The van der Waals surface area contributed by atoms with E-state index in [0.717, 1.165) is 61.1 Å². The minimum atomic E-state index is 0.987. The number of hydrogen-bond acceptors (Lipinski definition) is 1. The van der Waals surface area contributed by atoms with E-state index in [1.54, 1.807) is 0 Å². The van der Waals surface area contributed by atoms with Gasteiger partial charge in [-0.2, -0.15) is 0 Å². The maximum Gasteiger partial charge on any atom is 0.0985 e. The molecule has 0 atom stereocenters. The molecular weight excluding hydrogens is 707 g/mol. The van der Waals surface area contributed by atoms with Gasteiger partial charge in [0.2, 0.25) is 0 Å². The summed E-state index contributed by atoms with van der Waals surface area (Å²) in [5, 5.41) is 8.32. The van der Waals surface area contributed by atoms with Gasteiger partial charge < -0.3 is 18.3 Å². The second-order valence-electron chi connectivity index (χ2n) is 15.2. The molecule has 270 valence electrons. The van der Waals surface area contributed by atoms with Crippen LogP contribution in [0.4, 0.5) is 0 Å². The molecule has 58 heavy (non-hydrogen) atoms. The maximum atomic E-state index is 5.28. The molecule has 13 rings (SSSR count). The third kappa shape index (κ3) is 4.22. The molecule has 0 N–H and O–H groups in total. The summed E-state index contributed by atoms with van der Waals surface area (Å²) in [7, 11) is 0. The summed E-state index contributed by atoms with van der Waals surface area (Å²) in [6, 6.07) is 70.2. The summed E-state index contributed by atoms with van der Waals surface area (Å²) in [5.41, 5.74) is 14.7. The minimum Gasteiger partial charge on any atom is -0.309 e. The summed E-state index contributed by atoms with van der Waals surface area (Å²) in [6.07, 6.45) is 2.09. The van der Waals surface area contributed by atoms with Gasteiger partial charge in [-0.3, -0.25) is 4.98 Å². The SMILES string of the molecule is c1ccc(-n2c3ccccc3c3cc(-n4c5ccccc5c5cnc6c7ccccc7n(-c7ccc8c(c7)c7ccccc7n8-c7ccccc7)c6c54)ccc32)cc1. The van der Waals surface area contributed by atoms with E-state index in [4.69, 9.17) is 4.98 Å². The van der Waals surface area contributed by atoms with Crippen molar-refractivity contribution in [1.29, 1.82) is 0 Å². The lowest BCUT2D eigenvalue weighted by Gasteiger charge is -2.13. The Morgan fingerprint density at radius 3 is 1.16 bits per heavy atom. The molecule has 0 aliphatic rings. The van der Waals surface area contributed by atoms with Crippen LogP contribution in [0.5, 0.6) is 0 Å². The highest BCUT2D eigenvalue weighted by Gasteiger charge is 2.24. The van der Waals surface area contributed by atoms with Gasteiger partial charge in [-0.1, -0.05) is 109 Å². The highest BCUT2D eigenvalue weighted by atomic mass is 15.1. The normalized spacial score (nSPS) is 12.1. The van der Waals surface area contributed by atoms with Gasteiger partial charge >= 0.3 is 0 Å². The quantitative estimate of drug-likeness (QED) is 0.177. The molecule has 0 amide bonds. The van der Waals surface area contributed by atoms with E-state index in [0.29, 0.717) is 0 Å². The van der Waals surface area contributed by atoms with Gasteiger partial charge in [-0.25, -0.2) is 0 Å². The first-order valence-corrected chi connectivity index (χ1v) is 19.8. The van der Waals surface area contributed by atoms with Crippen LogP contribution in [-0.2, 0) is 0 Å². The monoisotopic (exact) mass is 739 g/mol. The van der Waals surface area contributed by atoms with E-state index in [1.807, 2.05) is 0 Å². The van der Waals surface area contributed by atoms with Crippen LogP contribution in [-0.4, -0.2) is 23.3 Å². The Morgan fingerprint density at radius 1 is 0.259 bits per heavy atom. The Balaban J connectivity index is 1.15. The van der Waals surface area contributed by atoms with Crippen LogP contribution in [0.3, 0.4) is 0 Å². The van der Waals surface area contributed by atoms with E-state index in [2.05, 4.69) is 219 Å². The van der Waals surface area contributed by atoms with Crippen molar-refractivity contribution in [2.45, 2.75) is 0 Å². The Kier molecular flexibility index (Phi) is 6.38. The van der Waals surface area contributed by atoms with Gasteiger partial charge in [-0.05, 0) is 84.9 Å². The van der Waals surface area contributed by atoms with Gasteiger partial charge in [0.15, 0.2) is 0 Å². The van der Waals surface area contributed by atoms with E-state index < -0.39 is 0 Å². The largest absolute Gasteiger partial charge is 0.309 e. The molecule has 0 fully saturated rings. The summed E-state index contributed by atoms with van der Waals surface area (Å²) in [5.74, 6) is 0. The number of para-hydroxylation sites is 6. The molecule has 0 radical (unpaired) electrons. The van der Waals surface area contributed by atoms with Gasteiger partial charge in [0.1, 0.15) is 0 Å². The van der Waals surface area contributed by atoms with Gasteiger partial charge in [0.25, 0.3) is 0 Å².